The SMILES string of the molecule is COc1ccc(Cn2cc3c(n2)c(=O)[nH]c2ccc(Br)cc23)cc1. The van der Waals surface area contributed by atoms with Crippen molar-refractivity contribution in [3.8, 4) is 5.75 Å². The van der Waals surface area contributed by atoms with Crippen LogP contribution < -0.4 is 10.3 Å². The number of aromatic amines is 1. The fourth-order valence-electron chi connectivity index (χ4n) is 2.82. The monoisotopic (exact) mass is 383 g/mol. The molecule has 0 aliphatic carbocycles. The van der Waals surface area contributed by atoms with Crippen LogP contribution >= 0.6 is 15.9 Å². The van der Waals surface area contributed by atoms with E-state index in [0.717, 1.165) is 32.1 Å². The molecule has 2 aromatic heterocycles. The smallest absolute Gasteiger partial charge is 0.276 e. The molecule has 0 radical (unpaired) electrons. The number of rotatable bonds is 3. The standard InChI is InChI=1S/C18H14BrN3O2/c1-24-13-5-2-11(3-6-13)9-22-10-15-14-8-12(19)4-7-16(14)20-18(23)17(15)21-22/h2-8,10H,9H2,1H3,(H,20,23). The molecule has 0 aliphatic rings. The van der Waals surface area contributed by atoms with E-state index in [4.69, 9.17) is 4.74 Å². The molecule has 0 amide bonds. The average molecular weight is 384 g/mol. The lowest BCUT2D eigenvalue weighted by Gasteiger charge is -2.03. The van der Waals surface area contributed by atoms with Crippen LogP contribution in [0.1, 0.15) is 5.56 Å². The maximum absolute atomic E-state index is 12.3. The molecule has 24 heavy (non-hydrogen) atoms. The van der Waals surface area contributed by atoms with E-state index in [9.17, 15) is 4.79 Å². The van der Waals surface area contributed by atoms with Gasteiger partial charge in [-0.1, -0.05) is 28.1 Å². The first-order chi connectivity index (χ1) is 11.6. The molecule has 5 nitrogen and oxygen atoms in total. The predicted octanol–water partition coefficient (Wildman–Crippen LogP) is 3.70. The van der Waals surface area contributed by atoms with Gasteiger partial charge in [0.2, 0.25) is 0 Å². The molecule has 0 bridgehead atoms. The van der Waals surface area contributed by atoms with E-state index in [1.165, 1.54) is 0 Å². The Kier molecular flexibility index (Phi) is 3.61. The molecule has 0 fully saturated rings. The molecule has 6 heteroatoms. The van der Waals surface area contributed by atoms with E-state index < -0.39 is 0 Å². The van der Waals surface area contributed by atoms with E-state index in [0.29, 0.717) is 12.1 Å². The Bertz CT molecular complexity index is 1100. The number of methoxy groups -OCH3 is 1. The zero-order valence-electron chi connectivity index (χ0n) is 12.9. The molecule has 0 saturated carbocycles. The number of H-pyrrole nitrogens is 1. The van der Waals surface area contributed by atoms with E-state index in [1.807, 2.05) is 48.7 Å². The number of nitrogens with one attached hydrogen (secondary N) is 1. The number of aromatic nitrogens is 3. The van der Waals surface area contributed by atoms with Gasteiger partial charge >= 0.3 is 0 Å². The molecule has 4 rings (SSSR count). The Morgan fingerprint density at radius 1 is 1.17 bits per heavy atom. The number of hydrogen-bond acceptors (Lipinski definition) is 3. The molecule has 0 saturated heterocycles. The van der Waals surface area contributed by atoms with Gasteiger partial charge in [-0.05, 0) is 35.9 Å². The largest absolute Gasteiger partial charge is 0.497 e. The highest BCUT2D eigenvalue weighted by molar-refractivity contribution is 9.10. The zero-order chi connectivity index (χ0) is 16.7. The van der Waals surface area contributed by atoms with Gasteiger partial charge in [0.25, 0.3) is 5.56 Å². The average Bonchev–Trinajstić information content (AvgIpc) is 3.01. The first-order valence-corrected chi connectivity index (χ1v) is 8.25. The summed E-state index contributed by atoms with van der Waals surface area (Å²) in [6.07, 6.45) is 1.92. The van der Waals surface area contributed by atoms with Crippen LogP contribution in [0, 0.1) is 0 Å². The maximum Gasteiger partial charge on any atom is 0.276 e. The van der Waals surface area contributed by atoms with E-state index in [-0.39, 0.29) is 5.56 Å². The molecule has 1 N–H and O–H groups in total. The number of nitrogens with zero attached hydrogens (tertiary/aromatic N) is 2. The molecule has 0 unspecified atom stereocenters. The Hall–Kier alpha value is -2.60. The summed E-state index contributed by atoms with van der Waals surface area (Å²) >= 11 is 3.48. The van der Waals surface area contributed by atoms with Crippen molar-refractivity contribution in [1.29, 1.82) is 0 Å². The maximum atomic E-state index is 12.3. The first-order valence-electron chi connectivity index (χ1n) is 7.46. The molecule has 4 aromatic rings. The lowest BCUT2D eigenvalue weighted by molar-refractivity contribution is 0.414. The minimum Gasteiger partial charge on any atom is -0.497 e. The summed E-state index contributed by atoms with van der Waals surface area (Å²) in [5.74, 6) is 0.816. The number of halogens is 1. The molecule has 120 valence electrons. The third-order valence-corrected chi connectivity index (χ3v) is 4.49. The summed E-state index contributed by atoms with van der Waals surface area (Å²) in [6.45, 7) is 0.591. The van der Waals surface area contributed by atoms with Crippen molar-refractivity contribution in [3.05, 3.63) is 69.1 Å². The number of ether oxygens (including phenoxy) is 1. The number of hydrogen-bond donors (Lipinski definition) is 1. The highest BCUT2D eigenvalue weighted by atomic mass is 79.9. The second-order valence-electron chi connectivity index (χ2n) is 5.58. The summed E-state index contributed by atoms with van der Waals surface area (Å²) in [5.41, 5.74) is 2.17. The minimum absolute atomic E-state index is 0.173. The Balaban J connectivity index is 1.82. The van der Waals surface area contributed by atoms with Crippen LogP contribution in [0.25, 0.3) is 21.8 Å². The van der Waals surface area contributed by atoms with Gasteiger partial charge in [-0.3, -0.25) is 9.48 Å². The van der Waals surface area contributed by atoms with Crippen molar-refractivity contribution < 1.29 is 4.74 Å². The van der Waals surface area contributed by atoms with Crippen LogP contribution in [0.4, 0.5) is 0 Å². The van der Waals surface area contributed by atoms with E-state index in [1.54, 1.807) is 11.8 Å². The van der Waals surface area contributed by atoms with Crippen molar-refractivity contribution in [2.24, 2.45) is 0 Å². The lowest BCUT2D eigenvalue weighted by Crippen LogP contribution is -2.07. The normalized spacial score (nSPS) is 11.2. The fourth-order valence-corrected chi connectivity index (χ4v) is 3.18. The third kappa shape index (κ3) is 2.59. The lowest BCUT2D eigenvalue weighted by atomic mass is 10.1. The van der Waals surface area contributed by atoms with Gasteiger partial charge < -0.3 is 9.72 Å². The van der Waals surface area contributed by atoms with Crippen LogP contribution in [0.2, 0.25) is 0 Å². The highest BCUT2D eigenvalue weighted by Crippen LogP contribution is 2.24. The number of pyridine rings is 1. The Labute approximate surface area is 146 Å². The summed E-state index contributed by atoms with van der Waals surface area (Å²) < 4.78 is 7.93. The van der Waals surface area contributed by atoms with Crippen molar-refractivity contribution in [2.45, 2.75) is 6.54 Å². The van der Waals surface area contributed by atoms with Crippen LogP contribution in [-0.2, 0) is 6.54 Å². The molecule has 2 heterocycles. The van der Waals surface area contributed by atoms with Gasteiger partial charge in [-0.2, -0.15) is 5.10 Å². The van der Waals surface area contributed by atoms with Gasteiger partial charge in [0.1, 0.15) is 5.75 Å². The summed E-state index contributed by atoms with van der Waals surface area (Å²) in [5, 5.41) is 6.28. The summed E-state index contributed by atoms with van der Waals surface area (Å²) in [6, 6.07) is 13.6. The molecule has 0 atom stereocenters. The van der Waals surface area contributed by atoms with Crippen molar-refractivity contribution in [2.75, 3.05) is 7.11 Å². The first kappa shape index (κ1) is 15.0. The van der Waals surface area contributed by atoms with Crippen LogP contribution in [0.3, 0.4) is 0 Å². The fraction of sp³-hybridized carbons (Fsp3) is 0.111. The van der Waals surface area contributed by atoms with Gasteiger partial charge in [0.15, 0.2) is 5.52 Å². The van der Waals surface area contributed by atoms with Gasteiger partial charge in [-0.25, -0.2) is 0 Å². The highest BCUT2D eigenvalue weighted by Gasteiger charge is 2.10. The van der Waals surface area contributed by atoms with E-state index in [2.05, 4.69) is 26.0 Å². The topological polar surface area (TPSA) is 59.9 Å². The quantitative estimate of drug-likeness (QED) is 0.586. The van der Waals surface area contributed by atoms with Gasteiger partial charge in [-0.15, -0.1) is 0 Å². The molecule has 2 aromatic carbocycles. The van der Waals surface area contributed by atoms with E-state index >= 15 is 0 Å². The van der Waals surface area contributed by atoms with Gasteiger partial charge in [0, 0.05) is 27.0 Å². The van der Waals surface area contributed by atoms with Crippen LogP contribution in [0.15, 0.2) is 57.9 Å². The minimum atomic E-state index is -0.173. The van der Waals surface area contributed by atoms with Crippen molar-refractivity contribution in [1.82, 2.24) is 14.8 Å². The Morgan fingerprint density at radius 3 is 2.71 bits per heavy atom. The van der Waals surface area contributed by atoms with Gasteiger partial charge in [0.05, 0.1) is 13.7 Å². The van der Waals surface area contributed by atoms with Crippen LogP contribution in [0.5, 0.6) is 5.75 Å². The molecule has 0 aliphatic heterocycles. The second-order valence-corrected chi connectivity index (χ2v) is 6.50. The summed E-state index contributed by atoms with van der Waals surface area (Å²) in [7, 11) is 1.64. The van der Waals surface area contributed by atoms with Crippen LogP contribution in [-0.4, -0.2) is 21.9 Å². The van der Waals surface area contributed by atoms with Crippen molar-refractivity contribution in [3.63, 3.8) is 0 Å². The predicted molar refractivity (Wildman–Crippen MR) is 97.7 cm³/mol. The zero-order valence-corrected chi connectivity index (χ0v) is 14.5. The second kappa shape index (κ2) is 5.79. The molecule has 0 spiro atoms. The summed E-state index contributed by atoms with van der Waals surface area (Å²) in [4.78, 5) is 15.2. The number of benzene rings is 2. The molecular formula is C18H14BrN3O2. The van der Waals surface area contributed by atoms with Crippen molar-refractivity contribution >= 4 is 37.7 Å². The third-order valence-electron chi connectivity index (χ3n) is 4.00. The number of fused-ring (bicyclic) bond motifs is 3. The molecular weight excluding hydrogens is 370 g/mol. The Morgan fingerprint density at radius 2 is 1.96 bits per heavy atom.